The van der Waals surface area contributed by atoms with Gasteiger partial charge in [-0.2, -0.15) is 5.10 Å². The highest BCUT2D eigenvalue weighted by atomic mass is 16.5. The molecule has 1 aliphatic rings. The van der Waals surface area contributed by atoms with Gasteiger partial charge in [0.2, 0.25) is 5.88 Å². The number of urea groups is 1. The summed E-state index contributed by atoms with van der Waals surface area (Å²) in [6.07, 6.45) is 0. The number of rotatable bonds is 3. The fourth-order valence-electron chi connectivity index (χ4n) is 1.69. The van der Waals surface area contributed by atoms with E-state index in [1.54, 1.807) is 13.1 Å². The molecule has 0 saturated carbocycles. The predicted octanol–water partition coefficient (Wildman–Crippen LogP) is -0.0230. The van der Waals surface area contributed by atoms with Crippen LogP contribution in [0.5, 0.6) is 5.88 Å². The first-order chi connectivity index (χ1) is 8.51. The number of hydrogen-bond donors (Lipinski definition) is 2. The minimum absolute atomic E-state index is 0.227. The molecule has 1 saturated heterocycles. The molecule has 8 heteroatoms. The van der Waals surface area contributed by atoms with Crippen LogP contribution >= 0.6 is 0 Å². The van der Waals surface area contributed by atoms with E-state index in [2.05, 4.69) is 10.4 Å². The zero-order valence-electron chi connectivity index (χ0n) is 10.1. The molecule has 2 amide bonds. The molecule has 2 N–H and O–H groups in total. The summed E-state index contributed by atoms with van der Waals surface area (Å²) in [5, 5.41) is 15.3. The molecule has 1 fully saturated rings. The molecule has 2 rings (SSSR count). The fraction of sp³-hybridized carbons (Fsp3) is 0.500. The number of anilines is 1. The van der Waals surface area contributed by atoms with E-state index in [1.807, 2.05) is 0 Å². The molecule has 98 valence electrons. The molecule has 0 aromatic carbocycles. The molecule has 1 aliphatic heterocycles. The summed E-state index contributed by atoms with van der Waals surface area (Å²) < 4.78 is 6.51. The second-order valence-corrected chi connectivity index (χ2v) is 4.07. The van der Waals surface area contributed by atoms with Crippen molar-refractivity contribution in [2.45, 2.75) is 0 Å². The third-order valence-electron chi connectivity index (χ3n) is 2.80. The molecular formula is C10H14N4O4. The topological polar surface area (TPSA) is 96.7 Å². The minimum Gasteiger partial charge on any atom is -0.481 e. The summed E-state index contributed by atoms with van der Waals surface area (Å²) in [7, 11) is 3.20. The Labute approximate surface area is 103 Å². The Bertz CT molecular complexity index is 478. The molecule has 0 spiro atoms. The molecule has 0 bridgehead atoms. The number of ether oxygens (including phenoxy) is 1. The zero-order chi connectivity index (χ0) is 13.3. The first-order valence-corrected chi connectivity index (χ1v) is 5.38. The third kappa shape index (κ3) is 2.22. The molecule has 2 heterocycles. The Hall–Kier alpha value is -2.25. The number of carbonyl (C=O) groups excluding carboxylic acids is 1. The van der Waals surface area contributed by atoms with Crippen molar-refractivity contribution in [3.05, 3.63) is 6.07 Å². The van der Waals surface area contributed by atoms with Crippen molar-refractivity contribution in [2.24, 2.45) is 13.0 Å². The summed E-state index contributed by atoms with van der Waals surface area (Å²) in [4.78, 5) is 23.7. The number of methoxy groups -OCH3 is 1. The number of nitrogens with zero attached hydrogens (tertiary/aromatic N) is 3. The van der Waals surface area contributed by atoms with E-state index in [0.29, 0.717) is 11.7 Å². The number of nitrogens with one attached hydrogen (secondary N) is 1. The molecule has 18 heavy (non-hydrogen) atoms. The lowest BCUT2D eigenvalue weighted by atomic mass is 10.0. The number of aryl methyl sites for hydroxylation is 1. The largest absolute Gasteiger partial charge is 0.481 e. The Morgan fingerprint density at radius 1 is 1.56 bits per heavy atom. The smallest absolute Gasteiger partial charge is 0.323 e. The fourth-order valence-corrected chi connectivity index (χ4v) is 1.69. The number of carboxylic acids is 1. The van der Waals surface area contributed by atoms with Gasteiger partial charge in [-0.15, -0.1) is 0 Å². The number of hydrogen-bond acceptors (Lipinski definition) is 4. The maximum atomic E-state index is 11.7. The van der Waals surface area contributed by atoms with Crippen molar-refractivity contribution in [2.75, 3.05) is 25.5 Å². The van der Waals surface area contributed by atoms with Crippen LogP contribution in [0.3, 0.4) is 0 Å². The number of aromatic nitrogens is 2. The summed E-state index contributed by atoms with van der Waals surface area (Å²) in [6, 6.07) is 1.24. The van der Waals surface area contributed by atoms with Crippen molar-refractivity contribution < 1.29 is 19.4 Å². The minimum atomic E-state index is -0.876. The summed E-state index contributed by atoms with van der Waals surface area (Å²) in [6.45, 7) is 0.455. The SMILES string of the molecule is COc1cc(NC(=O)N2CC(C(=O)O)C2)nn1C. The van der Waals surface area contributed by atoms with Crippen LogP contribution in [0.1, 0.15) is 0 Å². The van der Waals surface area contributed by atoms with E-state index in [9.17, 15) is 9.59 Å². The molecule has 0 radical (unpaired) electrons. The monoisotopic (exact) mass is 254 g/mol. The first kappa shape index (κ1) is 12.2. The van der Waals surface area contributed by atoms with Crippen LogP contribution < -0.4 is 10.1 Å². The lowest BCUT2D eigenvalue weighted by molar-refractivity contribution is -0.145. The Morgan fingerprint density at radius 3 is 2.72 bits per heavy atom. The maximum absolute atomic E-state index is 11.7. The van der Waals surface area contributed by atoms with Crippen molar-refractivity contribution in [3.63, 3.8) is 0 Å². The van der Waals surface area contributed by atoms with E-state index in [-0.39, 0.29) is 19.1 Å². The summed E-state index contributed by atoms with van der Waals surface area (Å²) in [5.41, 5.74) is 0. The molecule has 1 aromatic heterocycles. The highest BCUT2D eigenvalue weighted by Crippen LogP contribution is 2.19. The van der Waals surface area contributed by atoms with Gasteiger partial charge in [-0.25, -0.2) is 9.48 Å². The van der Waals surface area contributed by atoms with Gasteiger partial charge in [0.25, 0.3) is 0 Å². The average molecular weight is 254 g/mol. The molecule has 0 aliphatic carbocycles. The van der Waals surface area contributed by atoms with Crippen LogP contribution in [0.15, 0.2) is 6.07 Å². The van der Waals surface area contributed by atoms with Crippen LogP contribution in [-0.2, 0) is 11.8 Å². The van der Waals surface area contributed by atoms with Crippen LogP contribution in [-0.4, -0.2) is 52.0 Å². The molecule has 8 nitrogen and oxygen atoms in total. The second kappa shape index (κ2) is 4.55. The lowest BCUT2D eigenvalue weighted by Gasteiger charge is -2.36. The van der Waals surface area contributed by atoms with Gasteiger partial charge in [-0.1, -0.05) is 0 Å². The highest BCUT2D eigenvalue weighted by Gasteiger charge is 2.35. The number of carbonyl (C=O) groups is 2. The van der Waals surface area contributed by atoms with E-state index >= 15 is 0 Å². The van der Waals surface area contributed by atoms with Gasteiger partial charge in [0.15, 0.2) is 5.82 Å². The van der Waals surface area contributed by atoms with Gasteiger partial charge in [0.1, 0.15) is 0 Å². The van der Waals surface area contributed by atoms with Gasteiger partial charge in [-0.05, 0) is 0 Å². The second-order valence-electron chi connectivity index (χ2n) is 4.07. The number of amides is 2. The van der Waals surface area contributed by atoms with Crippen LogP contribution in [0, 0.1) is 5.92 Å². The Kier molecular flexibility index (Phi) is 3.09. The molecule has 0 atom stereocenters. The zero-order valence-corrected chi connectivity index (χ0v) is 10.1. The van der Waals surface area contributed by atoms with Crippen LogP contribution in [0.2, 0.25) is 0 Å². The maximum Gasteiger partial charge on any atom is 0.323 e. The van der Waals surface area contributed by atoms with Gasteiger partial charge in [0.05, 0.1) is 13.0 Å². The summed E-state index contributed by atoms with van der Waals surface area (Å²) >= 11 is 0. The Morgan fingerprint density at radius 2 is 2.22 bits per heavy atom. The van der Waals surface area contributed by atoms with Gasteiger partial charge < -0.3 is 14.7 Å². The van der Waals surface area contributed by atoms with E-state index in [4.69, 9.17) is 9.84 Å². The van der Waals surface area contributed by atoms with Crippen LogP contribution in [0.4, 0.5) is 10.6 Å². The number of carboxylic acid groups (broad SMARTS) is 1. The normalized spacial score (nSPS) is 15.1. The lowest BCUT2D eigenvalue weighted by Crippen LogP contribution is -2.54. The quantitative estimate of drug-likeness (QED) is 0.790. The van der Waals surface area contributed by atoms with Crippen LogP contribution in [0.25, 0.3) is 0 Å². The molecule has 1 aromatic rings. The highest BCUT2D eigenvalue weighted by molar-refractivity contribution is 5.90. The van der Waals surface area contributed by atoms with Gasteiger partial charge in [0, 0.05) is 26.2 Å². The molecule has 0 unspecified atom stereocenters. The number of likely N-dealkylation sites (tertiary alicyclic amines) is 1. The average Bonchev–Trinajstić information content (AvgIpc) is 2.55. The summed E-state index contributed by atoms with van der Waals surface area (Å²) in [5.74, 6) is -0.442. The standard InChI is InChI=1S/C10H14N4O4/c1-13-8(18-2)3-7(12-13)11-10(17)14-4-6(5-14)9(15)16/h3,6H,4-5H2,1-2H3,(H,15,16)(H,11,12,17). The van der Waals surface area contributed by atoms with E-state index in [1.165, 1.54) is 16.7 Å². The van der Waals surface area contributed by atoms with Crippen molar-refractivity contribution in [3.8, 4) is 5.88 Å². The van der Waals surface area contributed by atoms with Crippen molar-refractivity contribution >= 4 is 17.8 Å². The Balaban J connectivity index is 1.90. The molecular weight excluding hydrogens is 240 g/mol. The van der Waals surface area contributed by atoms with E-state index < -0.39 is 11.9 Å². The van der Waals surface area contributed by atoms with Crippen molar-refractivity contribution in [1.82, 2.24) is 14.7 Å². The van der Waals surface area contributed by atoms with Gasteiger partial charge >= 0.3 is 12.0 Å². The van der Waals surface area contributed by atoms with E-state index in [0.717, 1.165) is 0 Å². The third-order valence-corrected chi connectivity index (χ3v) is 2.80. The predicted molar refractivity (Wildman–Crippen MR) is 61.5 cm³/mol. The number of aliphatic carboxylic acids is 1. The van der Waals surface area contributed by atoms with Crippen molar-refractivity contribution in [1.29, 1.82) is 0 Å². The van der Waals surface area contributed by atoms with Gasteiger partial charge in [-0.3, -0.25) is 10.1 Å². The first-order valence-electron chi connectivity index (χ1n) is 5.38.